The van der Waals surface area contributed by atoms with Gasteiger partial charge in [0.15, 0.2) is 5.65 Å². The molecule has 18 heavy (non-hydrogen) atoms. The molecule has 1 atom stereocenters. The maximum Gasteiger partial charge on any atom is 0.243 e. The Morgan fingerprint density at radius 1 is 1.61 bits per heavy atom. The minimum atomic E-state index is 0.118. The van der Waals surface area contributed by atoms with E-state index in [-0.39, 0.29) is 11.9 Å². The summed E-state index contributed by atoms with van der Waals surface area (Å²) in [5.74, 6) is 0.690. The number of fused-ring (bicyclic) bond motifs is 1. The molecule has 0 saturated carbocycles. The number of carbonyl (C=O) groups excluding carboxylic acids is 1. The van der Waals surface area contributed by atoms with Crippen molar-refractivity contribution in [2.75, 3.05) is 11.9 Å². The van der Waals surface area contributed by atoms with E-state index in [0.717, 1.165) is 16.5 Å². The van der Waals surface area contributed by atoms with Crippen molar-refractivity contribution >= 4 is 33.4 Å². The predicted molar refractivity (Wildman–Crippen MR) is 70.3 cm³/mol. The fourth-order valence-corrected chi connectivity index (χ4v) is 2.42. The van der Waals surface area contributed by atoms with Gasteiger partial charge in [-0.05, 0) is 34.5 Å². The number of rotatable bonds is 3. The van der Waals surface area contributed by atoms with Crippen LogP contribution in [0.4, 0.5) is 5.95 Å². The average Bonchev–Trinajstić information content (AvgIpc) is 2.93. The summed E-state index contributed by atoms with van der Waals surface area (Å²) < 4.78 is 2.61. The smallest absolute Gasteiger partial charge is 0.243 e. The van der Waals surface area contributed by atoms with Gasteiger partial charge >= 0.3 is 0 Å². The largest absolute Gasteiger partial charge is 0.352 e. The van der Waals surface area contributed by atoms with Gasteiger partial charge in [-0.2, -0.15) is 4.98 Å². The van der Waals surface area contributed by atoms with E-state index in [2.05, 4.69) is 36.6 Å². The molecule has 2 N–H and O–H groups in total. The second-order valence-corrected chi connectivity index (χ2v) is 5.10. The van der Waals surface area contributed by atoms with Gasteiger partial charge in [0.05, 0.1) is 4.47 Å². The van der Waals surface area contributed by atoms with Crippen LogP contribution >= 0.6 is 15.9 Å². The summed E-state index contributed by atoms with van der Waals surface area (Å²) in [5.41, 5.74) is 0.774. The standard InChI is InChI=1S/C11H12BrN5O/c12-8-2-1-5-17-10(8)15-11(16-17)13-6-7-3-4-9(18)14-7/h1-2,5,7H,3-4,6H2,(H,13,16)(H,14,18). The third-order valence-electron chi connectivity index (χ3n) is 2.91. The van der Waals surface area contributed by atoms with Crippen molar-refractivity contribution in [2.24, 2.45) is 0 Å². The number of aromatic nitrogens is 3. The lowest BCUT2D eigenvalue weighted by Gasteiger charge is -2.09. The van der Waals surface area contributed by atoms with E-state index >= 15 is 0 Å². The van der Waals surface area contributed by atoms with Gasteiger partial charge in [0.1, 0.15) is 0 Å². The Hall–Kier alpha value is -1.63. The molecule has 6 nitrogen and oxygen atoms in total. The second-order valence-electron chi connectivity index (χ2n) is 4.24. The minimum Gasteiger partial charge on any atom is -0.352 e. The monoisotopic (exact) mass is 309 g/mol. The van der Waals surface area contributed by atoms with E-state index < -0.39 is 0 Å². The van der Waals surface area contributed by atoms with Crippen LogP contribution in [0.3, 0.4) is 0 Å². The number of hydrogen-bond acceptors (Lipinski definition) is 4. The summed E-state index contributed by atoms with van der Waals surface area (Å²) in [5, 5.41) is 10.3. The molecule has 3 rings (SSSR count). The summed E-state index contributed by atoms with van der Waals surface area (Å²) in [6.45, 7) is 0.653. The number of hydrogen-bond donors (Lipinski definition) is 2. The van der Waals surface area contributed by atoms with Crippen LogP contribution in [0.15, 0.2) is 22.8 Å². The molecule has 3 heterocycles. The number of nitrogens with one attached hydrogen (secondary N) is 2. The highest BCUT2D eigenvalue weighted by Crippen LogP contribution is 2.17. The molecule has 2 aromatic heterocycles. The number of anilines is 1. The summed E-state index contributed by atoms with van der Waals surface area (Å²) in [7, 11) is 0. The van der Waals surface area contributed by atoms with Gasteiger partial charge in [-0.25, -0.2) is 4.52 Å². The molecule has 0 aliphatic carbocycles. The molecule has 1 amide bonds. The molecule has 1 saturated heterocycles. The van der Waals surface area contributed by atoms with Gasteiger partial charge in [-0.1, -0.05) is 0 Å². The lowest BCUT2D eigenvalue weighted by atomic mass is 10.2. The second kappa shape index (κ2) is 4.56. The van der Waals surface area contributed by atoms with Crippen molar-refractivity contribution in [1.29, 1.82) is 0 Å². The van der Waals surface area contributed by atoms with E-state index in [1.54, 1.807) is 4.52 Å². The molecule has 0 spiro atoms. The lowest BCUT2D eigenvalue weighted by molar-refractivity contribution is -0.119. The van der Waals surface area contributed by atoms with Gasteiger partial charge in [-0.3, -0.25) is 4.79 Å². The minimum absolute atomic E-state index is 0.118. The molecule has 0 bridgehead atoms. The van der Waals surface area contributed by atoms with Crippen molar-refractivity contribution in [3.05, 3.63) is 22.8 Å². The van der Waals surface area contributed by atoms with Gasteiger partial charge in [0, 0.05) is 25.2 Å². The quantitative estimate of drug-likeness (QED) is 0.893. The molecule has 94 valence electrons. The third kappa shape index (κ3) is 2.17. The zero-order valence-electron chi connectivity index (χ0n) is 9.56. The van der Waals surface area contributed by atoms with Crippen LogP contribution < -0.4 is 10.6 Å². The summed E-state index contributed by atoms with van der Waals surface area (Å²) in [4.78, 5) is 15.4. The first kappa shape index (κ1) is 11.5. The SMILES string of the molecule is O=C1CCC(CNc2nc3c(Br)cccn3n2)N1. The Balaban J connectivity index is 1.71. The van der Waals surface area contributed by atoms with Crippen molar-refractivity contribution in [3.63, 3.8) is 0 Å². The number of amides is 1. The highest BCUT2D eigenvalue weighted by atomic mass is 79.9. The van der Waals surface area contributed by atoms with Crippen LogP contribution in [0.1, 0.15) is 12.8 Å². The first-order valence-corrected chi connectivity index (χ1v) is 6.56. The molecular weight excluding hydrogens is 298 g/mol. The highest BCUT2D eigenvalue weighted by Gasteiger charge is 2.20. The van der Waals surface area contributed by atoms with Crippen LogP contribution in [0.2, 0.25) is 0 Å². The molecule has 1 fully saturated rings. The maximum absolute atomic E-state index is 11.1. The van der Waals surface area contributed by atoms with E-state index in [1.807, 2.05) is 18.3 Å². The molecule has 0 aromatic carbocycles. The number of halogens is 1. The maximum atomic E-state index is 11.1. The lowest BCUT2D eigenvalue weighted by Crippen LogP contribution is -2.32. The molecular formula is C11H12BrN5O. The summed E-state index contributed by atoms with van der Waals surface area (Å²) in [6.07, 6.45) is 3.31. The topological polar surface area (TPSA) is 71.3 Å². The Morgan fingerprint density at radius 3 is 3.22 bits per heavy atom. The average molecular weight is 310 g/mol. The number of carbonyl (C=O) groups is 1. The predicted octanol–water partition coefficient (Wildman–Crippen LogP) is 1.18. The molecule has 1 aliphatic heterocycles. The van der Waals surface area contributed by atoms with E-state index in [9.17, 15) is 4.79 Å². The first-order chi connectivity index (χ1) is 8.72. The fraction of sp³-hybridized carbons (Fsp3) is 0.364. The normalized spacial score (nSPS) is 19.2. The van der Waals surface area contributed by atoms with Crippen molar-refractivity contribution in [3.8, 4) is 0 Å². The molecule has 1 unspecified atom stereocenters. The van der Waals surface area contributed by atoms with E-state index in [0.29, 0.717) is 18.9 Å². The van der Waals surface area contributed by atoms with Crippen molar-refractivity contribution in [1.82, 2.24) is 19.9 Å². The molecule has 7 heteroatoms. The molecule has 2 aromatic rings. The van der Waals surface area contributed by atoms with Crippen LogP contribution in [-0.2, 0) is 4.79 Å². The Morgan fingerprint density at radius 2 is 2.50 bits per heavy atom. The Labute approximate surface area is 112 Å². The van der Waals surface area contributed by atoms with E-state index in [1.165, 1.54) is 0 Å². The number of nitrogens with zero attached hydrogens (tertiary/aromatic N) is 3. The van der Waals surface area contributed by atoms with Crippen LogP contribution in [-0.4, -0.2) is 33.1 Å². The summed E-state index contributed by atoms with van der Waals surface area (Å²) in [6, 6.07) is 3.99. The van der Waals surface area contributed by atoms with E-state index in [4.69, 9.17) is 0 Å². The first-order valence-electron chi connectivity index (χ1n) is 5.76. The van der Waals surface area contributed by atoms with Crippen molar-refractivity contribution < 1.29 is 4.79 Å². The highest BCUT2D eigenvalue weighted by molar-refractivity contribution is 9.10. The van der Waals surface area contributed by atoms with Crippen LogP contribution in [0.25, 0.3) is 5.65 Å². The molecule has 0 radical (unpaired) electrons. The van der Waals surface area contributed by atoms with Gasteiger partial charge in [0.2, 0.25) is 11.9 Å². The zero-order chi connectivity index (χ0) is 12.5. The fourth-order valence-electron chi connectivity index (χ4n) is 1.99. The van der Waals surface area contributed by atoms with Gasteiger partial charge in [-0.15, -0.1) is 5.10 Å². The van der Waals surface area contributed by atoms with Crippen LogP contribution in [0, 0.1) is 0 Å². The van der Waals surface area contributed by atoms with Crippen LogP contribution in [0.5, 0.6) is 0 Å². The Bertz CT molecular complexity index is 596. The van der Waals surface area contributed by atoms with Crippen molar-refractivity contribution in [2.45, 2.75) is 18.9 Å². The van der Waals surface area contributed by atoms with Gasteiger partial charge in [0.25, 0.3) is 0 Å². The zero-order valence-corrected chi connectivity index (χ0v) is 11.1. The van der Waals surface area contributed by atoms with Gasteiger partial charge < -0.3 is 10.6 Å². The number of pyridine rings is 1. The third-order valence-corrected chi connectivity index (χ3v) is 3.53. The summed E-state index contributed by atoms with van der Waals surface area (Å²) >= 11 is 3.43. The molecule has 1 aliphatic rings. The Kier molecular flexibility index (Phi) is 2.91.